The van der Waals surface area contributed by atoms with Crippen LogP contribution in [-0.2, 0) is 0 Å². The number of hydrogen-bond acceptors (Lipinski definition) is 2. The lowest BCUT2D eigenvalue weighted by molar-refractivity contribution is 0.103. The van der Waals surface area contributed by atoms with Crippen LogP contribution in [0.15, 0.2) is 71.5 Å². The van der Waals surface area contributed by atoms with Crippen molar-refractivity contribution >= 4 is 5.78 Å². The van der Waals surface area contributed by atoms with Gasteiger partial charge in [-0.1, -0.05) is 48.5 Å². The topological polar surface area (TPSA) is 54.9 Å². The van der Waals surface area contributed by atoms with E-state index in [0.29, 0.717) is 11.3 Å². The number of nitrogens with zero attached hydrogens (tertiary/aromatic N) is 1. The number of aromatic amines is 1. The molecule has 2 aromatic carbocycles. The highest BCUT2D eigenvalue weighted by molar-refractivity contribution is 6.07. The van der Waals surface area contributed by atoms with Crippen LogP contribution in [0.2, 0.25) is 0 Å². The summed E-state index contributed by atoms with van der Waals surface area (Å²) < 4.78 is 1.36. The second-order valence-electron chi connectivity index (χ2n) is 4.37. The molecule has 0 spiro atoms. The van der Waals surface area contributed by atoms with Crippen molar-refractivity contribution in [2.45, 2.75) is 0 Å². The Morgan fingerprint density at radius 1 is 0.900 bits per heavy atom. The summed E-state index contributed by atoms with van der Waals surface area (Å²) >= 11 is 0. The first kappa shape index (κ1) is 12.2. The van der Waals surface area contributed by atoms with Gasteiger partial charge in [0, 0.05) is 11.6 Å². The minimum atomic E-state index is -0.254. The van der Waals surface area contributed by atoms with Crippen LogP contribution in [0.1, 0.15) is 16.1 Å². The maximum absolute atomic E-state index is 12.3. The first-order valence-electron chi connectivity index (χ1n) is 6.23. The fraction of sp³-hybridized carbons (Fsp3) is 0. The Bertz CT molecular complexity index is 786. The van der Waals surface area contributed by atoms with Crippen LogP contribution < -0.4 is 5.56 Å². The van der Waals surface area contributed by atoms with Gasteiger partial charge in [0.15, 0.2) is 0 Å². The molecule has 3 rings (SSSR count). The van der Waals surface area contributed by atoms with Crippen LogP contribution in [0.25, 0.3) is 5.69 Å². The lowest BCUT2D eigenvalue weighted by Crippen LogP contribution is -2.13. The summed E-state index contributed by atoms with van der Waals surface area (Å²) in [6.07, 6.45) is 0. The van der Waals surface area contributed by atoms with Gasteiger partial charge < -0.3 is 0 Å². The van der Waals surface area contributed by atoms with E-state index in [1.807, 2.05) is 24.3 Å². The Hall–Kier alpha value is -2.88. The van der Waals surface area contributed by atoms with Crippen molar-refractivity contribution < 1.29 is 4.79 Å². The second-order valence-corrected chi connectivity index (χ2v) is 4.37. The van der Waals surface area contributed by atoms with Crippen LogP contribution in [0, 0.1) is 0 Å². The van der Waals surface area contributed by atoms with Crippen molar-refractivity contribution in [2.24, 2.45) is 0 Å². The average Bonchev–Trinajstić information content (AvgIpc) is 2.90. The molecule has 1 aromatic heterocycles. The molecule has 0 bridgehead atoms. The van der Waals surface area contributed by atoms with E-state index in [4.69, 9.17) is 0 Å². The Morgan fingerprint density at radius 3 is 2.15 bits per heavy atom. The van der Waals surface area contributed by atoms with E-state index in [1.165, 1.54) is 10.7 Å². The highest BCUT2D eigenvalue weighted by Gasteiger charge is 2.13. The number of carbonyl (C=O) groups is 1. The van der Waals surface area contributed by atoms with Gasteiger partial charge in [-0.05, 0) is 12.1 Å². The zero-order valence-electron chi connectivity index (χ0n) is 10.6. The Balaban J connectivity index is 2.02. The zero-order chi connectivity index (χ0) is 13.9. The van der Waals surface area contributed by atoms with E-state index in [2.05, 4.69) is 5.10 Å². The number of rotatable bonds is 3. The molecular formula is C16H12N2O2. The van der Waals surface area contributed by atoms with Crippen molar-refractivity contribution in [3.63, 3.8) is 0 Å². The van der Waals surface area contributed by atoms with Gasteiger partial charge >= 0.3 is 0 Å². The van der Waals surface area contributed by atoms with Crippen molar-refractivity contribution in [1.29, 1.82) is 0 Å². The molecule has 20 heavy (non-hydrogen) atoms. The molecule has 0 aliphatic carbocycles. The van der Waals surface area contributed by atoms with Crippen LogP contribution in [0.4, 0.5) is 0 Å². The summed E-state index contributed by atoms with van der Waals surface area (Å²) in [6, 6.07) is 19.3. The summed E-state index contributed by atoms with van der Waals surface area (Å²) in [5.74, 6) is -0.197. The van der Waals surface area contributed by atoms with E-state index >= 15 is 0 Å². The minimum absolute atomic E-state index is 0.197. The van der Waals surface area contributed by atoms with E-state index < -0.39 is 0 Å². The fourth-order valence-corrected chi connectivity index (χ4v) is 2.03. The second kappa shape index (κ2) is 5.01. The maximum atomic E-state index is 12.3. The SMILES string of the molecule is O=C(c1ccccc1)c1cc(=O)n(-c2ccccc2)[nH]1. The van der Waals surface area contributed by atoms with Gasteiger partial charge in [-0.3, -0.25) is 14.7 Å². The third-order valence-corrected chi connectivity index (χ3v) is 3.02. The van der Waals surface area contributed by atoms with E-state index in [-0.39, 0.29) is 17.0 Å². The van der Waals surface area contributed by atoms with Gasteiger partial charge in [0.25, 0.3) is 5.56 Å². The monoisotopic (exact) mass is 264 g/mol. The number of H-pyrrole nitrogens is 1. The van der Waals surface area contributed by atoms with Crippen LogP contribution in [-0.4, -0.2) is 15.6 Å². The molecule has 0 saturated heterocycles. The highest BCUT2D eigenvalue weighted by atomic mass is 16.1. The first-order chi connectivity index (χ1) is 9.75. The van der Waals surface area contributed by atoms with Crippen molar-refractivity contribution in [3.05, 3.63) is 88.3 Å². The molecule has 0 aliphatic heterocycles. The van der Waals surface area contributed by atoms with Crippen molar-refractivity contribution in [2.75, 3.05) is 0 Å². The summed E-state index contributed by atoms with van der Waals surface area (Å²) in [5.41, 5.74) is 1.28. The molecule has 0 saturated carbocycles. The molecule has 1 heterocycles. The smallest absolute Gasteiger partial charge is 0.271 e. The third-order valence-electron chi connectivity index (χ3n) is 3.02. The van der Waals surface area contributed by atoms with E-state index in [9.17, 15) is 9.59 Å². The lowest BCUT2D eigenvalue weighted by atomic mass is 10.1. The average molecular weight is 264 g/mol. The molecule has 0 unspecified atom stereocenters. The van der Waals surface area contributed by atoms with Gasteiger partial charge in [-0.15, -0.1) is 0 Å². The molecule has 98 valence electrons. The van der Waals surface area contributed by atoms with Gasteiger partial charge in [0.2, 0.25) is 5.78 Å². The summed E-state index contributed by atoms with van der Waals surface area (Å²) in [6.45, 7) is 0. The third kappa shape index (κ3) is 2.19. The Labute approximate surface area is 115 Å². The number of hydrogen-bond donors (Lipinski definition) is 1. The normalized spacial score (nSPS) is 10.4. The standard InChI is InChI=1S/C16H12N2O2/c19-15-11-14(16(20)12-7-3-1-4-8-12)17-18(15)13-9-5-2-6-10-13/h1-11,17H. The summed E-state index contributed by atoms with van der Waals surface area (Å²) in [7, 11) is 0. The van der Waals surface area contributed by atoms with Gasteiger partial charge in [0.05, 0.1) is 5.69 Å². The number of aromatic nitrogens is 2. The predicted octanol–water partition coefficient (Wildman–Crippen LogP) is 2.40. The van der Waals surface area contributed by atoms with Crippen LogP contribution >= 0.6 is 0 Å². The van der Waals surface area contributed by atoms with Gasteiger partial charge in [-0.2, -0.15) is 0 Å². The zero-order valence-corrected chi connectivity index (χ0v) is 10.6. The van der Waals surface area contributed by atoms with Crippen LogP contribution in [0.5, 0.6) is 0 Å². The number of para-hydroxylation sites is 1. The van der Waals surface area contributed by atoms with E-state index in [1.54, 1.807) is 36.4 Å². The molecular weight excluding hydrogens is 252 g/mol. The Kier molecular flexibility index (Phi) is 3.05. The largest absolute Gasteiger partial charge is 0.287 e. The molecule has 0 fully saturated rings. The minimum Gasteiger partial charge on any atom is -0.287 e. The Morgan fingerprint density at radius 2 is 1.50 bits per heavy atom. The highest BCUT2D eigenvalue weighted by Crippen LogP contribution is 2.08. The number of ketones is 1. The number of benzene rings is 2. The van der Waals surface area contributed by atoms with Crippen molar-refractivity contribution in [1.82, 2.24) is 9.78 Å². The molecule has 4 heteroatoms. The molecule has 0 aliphatic rings. The molecule has 4 nitrogen and oxygen atoms in total. The molecule has 1 N–H and O–H groups in total. The van der Waals surface area contributed by atoms with E-state index in [0.717, 1.165) is 0 Å². The van der Waals surface area contributed by atoms with Gasteiger partial charge in [0.1, 0.15) is 5.69 Å². The van der Waals surface area contributed by atoms with Gasteiger partial charge in [-0.25, -0.2) is 4.68 Å². The van der Waals surface area contributed by atoms with Crippen molar-refractivity contribution in [3.8, 4) is 5.69 Å². The number of carbonyl (C=O) groups excluding carboxylic acids is 1. The predicted molar refractivity (Wildman–Crippen MR) is 76.3 cm³/mol. The van der Waals surface area contributed by atoms with Crippen LogP contribution in [0.3, 0.4) is 0 Å². The summed E-state index contributed by atoms with van der Waals surface area (Å²) in [4.78, 5) is 24.2. The summed E-state index contributed by atoms with van der Waals surface area (Å²) in [5, 5.41) is 2.85. The molecule has 0 radical (unpaired) electrons. The number of nitrogens with one attached hydrogen (secondary N) is 1. The molecule has 0 atom stereocenters. The molecule has 0 amide bonds. The quantitative estimate of drug-likeness (QED) is 0.738. The first-order valence-corrected chi connectivity index (χ1v) is 6.23. The maximum Gasteiger partial charge on any atom is 0.271 e. The molecule has 3 aromatic rings. The lowest BCUT2D eigenvalue weighted by Gasteiger charge is -2.01. The fourth-order valence-electron chi connectivity index (χ4n) is 2.03.